The third-order valence-electron chi connectivity index (χ3n) is 3.70. The van der Waals surface area contributed by atoms with E-state index in [0.717, 1.165) is 5.56 Å². The van der Waals surface area contributed by atoms with Gasteiger partial charge in [0.2, 0.25) is 11.1 Å². The van der Waals surface area contributed by atoms with Crippen LogP contribution in [-0.2, 0) is 9.53 Å². The number of nitrogens with zero attached hydrogens (tertiary/aromatic N) is 3. The minimum atomic E-state index is -0.411. The van der Waals surface area contributed by atoms with Crippen molar-refractivity contribution < 1.29 is 9.53 Å². The molecule has 1 N–H and O–H groups in total. The van der Waals surface area contributed by atoms with E-state index in [2.05, 4.69) is 15.4 Å². The van der Waals surface area contributed by atoms with Crippen LogP contribution in [0.1, 0.15) is 25.5 Å². The number of ether oxygens (including phenoxy) is 1. The van der Waals surface area contributed by atoms with Crippen LogP contribution in [0.3, 0.4) is 0 Å². The van der Waals surface area contributed by atoms with Gasteiger partial charge in [-0.05, 0) is 37.8 Å². The van der Waals surface area contributed by atoms with Crippen LogP contribution in [0.15, 0.2) is 40.7 Å². The number of esters is 1. The van der Waals surface area contributed by atoms with Crippen LogP contribution in [0, 0.1) is 0 Å². The number of carbonyl (C=O) groups is 1. The molecule has 8 heteroatoms. The maximum Gasteiger partial charge on any atom is 0.338 e. The molecule has 2 aromatic rings. The van der Waals surface area contributed by atoms with Crippen molar-refractivity contribution in [2.75, 3.05) is 18.2 Å². The van der Waals surface area contributed by atoms with E-state index in [9.17, 15) is 4.79 Å². The van der Waals surface area contributed by atoms with Crippen LogP contribution in [0.25, 0.3) is 0 Å². The summed E-state index contributed by atoms with van der Waals surface area (Å²) < 4.78 is 6.96. The molecule has 3 rings (SSSR count). The van der Waals surface area contributed by atoms with Crippen molar-refractivity contribution in [2.24, 2.45) is 0 Å². The topological polar surface area (TPSA) is 69.0 Å². The fourth-order valence-corrected chi connectivity index (χ4v) is 3.12. The molecule has 0 fully saturated rings. The molecule has 1 atom stereocenters. The Bertz CT molecular complexity index is 801. The lowest BCUT2D eigenvalue weighted by Gasteiger charge is -2.28. The van der Waals surface area contributed by atoms with Crippen LogP contribution in [0.4, 0.5) is 5.95 Å². The predicted molar refractivity (Wildman–Crippen MR) is 94.3 cm³/mol. The zero-order valence-corrected chi connectivity index (χ0v) is 15.1. The van der Waals surface area contributed by atoms with E-state index < -0.39 is 6.04 Å². The monoisotopic (exact) mass is 364 g/mol. The van der Waals surface area contributed by atoms with Gasteiger partial charge in [-0.15, -0.1) is 5.10 Å². The van der Waals surface area contributed by atoms with Crippen molar-refractivity contribution in [2.45, 2.75) is 25.0 Å². The highest BCUT2D eigenvalue weighted by atomic mass is 35.5. The number of benzene rings is 1. The quantitative estimate of drug-likeness (QED) is 0.661. The number of fused-ring (bicyclic) bond motifs is 1. The van der Waals surface area contributed by atoms with Gasteiger partial charge in [-0.2, -0.15) is 4.98 Å². The van der Waals surface area contributed by atoms with Gasteiger partial charge in [0.05, 0.1) is 12.2 Å². The molecule has 126 valence electrons. The van der Waals surface area contributed by atoms with Crippen LogP contribution >= 0.6 is 23.4 Å². The van der Waals surface area contributed by atoms with Crippen LogP contribution in [0.5, 0.6) is 0 Å². The van der Waals surface area contributed by atoms with Gasteiger partial charge in [0.1, 0.15) is 6.04 Å². The summed E-state index contributed by atoms with van der Waals surface area (Å²) in [5, 5.41) is 8.92. The Morgan fingerprint density at radius 1 is 1.42 bits per heavy atom. The third-order valence-corrected chi connectivity index (χ3v) is 4.49. The SMILES string of the molecule is CCOC(=O)C1=C(C)Nc2nc(SC)nn2C1c1ccc(Cl)cc1. The lowest BCUT2D eigenvalue weighted by atomic mass is 9.96. The van der Waals surface area contributed by atoms with Crippen molar-refractivity contribution in [3.63, 3.8) is 0 Å². The van der Waals surface area contributed by atoms with Gasteiger partial charge in [-0.25, -0.2) is 9.48 Å². The summed E-state index contributed by atoms with van der Waals surface area (Å²) in [4.78, 5) is 17.0. The minimum Gasteiger partial charge on any atom is -0.463 e. The summed E-state index contributed by atoms with van der Waals surface area (Å²) in [6.07, 6.45) is 1.91. The Morgan fingerprint density at radius 2 is 2.12 bits per heavy atom. The van der Waals surface area contributed by atoms with Crippen molar-refractivity contribution in [3.05, 3.63) is 46.1 Å². The molecular weight excluding hydrogens is 348 g/mol. The Morgan fingerprint density at radius 3 is 2.75 bits per heavy atom. The summed E-state index contributed by atoms with van der Waals surface area (Å²) >= 11 is 7.44. The Hall–Kier alpha value is -1.99. The molecule has 1 aliphatic heterocycles. The van der Waals surface area contributed by atoms with Gasteiger partial charge in [0, 0.05) is 10.7 Å². The normalized spacial score (nSPS) is 16.6. The maximum atomic E-state index is 12.5. The summed E-state index contributed by atoms with van der Waals surface area (Å²) in [6, 6.07) is 6.95. The highest BCUT2D eigenvalue weighted by molar-refractivity contribution is 7.98. The molecule has 1 aliphatic rings. The molecule has 1 aromatic carbocycles. The lowest BCUT2D eigenvalue weighted by molar-refractivity contribution is -0.139. The van der Waals surface area contributed by atoms with E-state index in [4.69, 9.17) is 16.3 Å². The molecule has 0 aliphatic carbocycles. The molecule has 0 bridgehead atoms. The summed E-state index contributed by atoms with van der Waals surface area (Å²) in [5.41, 5.74) is 2.12. The molecular formula is C16H17ClN4O2S. The van der Waals surface area contributed by atoms with Gasteiger partial charge < -0.3 is 10.1 Å². The maximum absolute atomic E-state index is 12.5. The van der Waals surface area contributed by atoms with Crippen LogP contribution in [0.2, 0.25) is 5.02 Å². The standard InChI is InChI=1S/C16H17ClN4O2S/c1-4-23-14(22)12-9(2)18-15-19-16(24-3)20-21(15)13(12)10-5-7-11(17)8-6-10/h5-8,13H,4H2,1-3H3,(H,18,19,20). The Kier molecular flexibility index (Phi) is 4.82. The first-order valence-electron chi connectivity index (χ1n) is 7.46. The number of aromatic nitrogens is 3. The summed E-state index contributed by atoms with van der Waals surface area (Å²) in [6.45, 7) is 3.93. The first-order chi connectivity index (χ1) is 11.5. The third kappa shape index (κ3) is 3.01. The average molecular weight is 365 g/mol. The van der Waals surface area contributed by atoms with E-state index in [1.165, 1.54) is 11.8 Å². The smallest absolute Gasteiger partial charge is 0.338 e. The largest absolute Gasteiger partial charge is 0.463 e. The molecule has 0 spiro atoms. The van der Waals surface area contributed by atoms with E-state index in [-0.39, 0.29) is 5.97 Å². The van der Waals surface area contributed by atoms with Gasteiger partial charge in [-0.3, -0.25) is 0 Å². The highest BCUT2D eigenvalue weighted by Gasteiger charge is 2.34. The number of hydrogen-bond donors (Lipinski definition) is 1. The molecule has 0 radical (unpaired) electrons. The molecule has 0 saturated carbocycles. The minimum absolute atomic E-state index is 0.309. The molecule has 0 amide bonds. The molecule has 2 heterocycles. The number of rotatable bonds is 4. The van der Waals surface area contributed by atoms with E-state index in [1.54, 1.807) is 23.7 Å². The molecule has 1 unspecified atom stereocenters. The number of anilines is 1. The van der Waals surface area contributed by atoms with Crippen molar-refractivity contribution in [1.82, 2.24) is 14.8 Å². The second kappa shape index (κ2) is 6.86. The number of allylic oxidation sites excluding steroid dienone is 1. The van der Waals surface area contributed by atoms with E-state index >= 15 is 0 Å². The Labute approximate surface area is 149 Å². The van der Waals surface area contributed by atoms with Gasteiger partial charge in [-0.1, -0.05) is 35.5 Å². The van der Waals surface area contributed by atoms with Gasteiger partial charge >= 0.3 is 5.97 Å². The van der Waals surface area contributed by atoms with E-state index in [1.807, 2.05) is 25.3 Å². The Balaban J connectivity index is 2.15. The predicted octanol–water partition coefficient (Wildman–Crippen LogP) is 3.51. The number of carbonyl (C=O) groups excluding carboxylic acids is 1. The number of halogens is 1. The second-order valence-electron chi connectivity index (χ2n) is 5.20. The van der Waals surface area contributed by atoms with Crippen LogP contribution in [-0.4, -0.2) is 33.6 Å². The zero-order chi connectivity index (χ0) is 17.3. The highest BCUT2D eigenvalue weighted by Crippen LogP contribution is 2.36. The average Bonchev–Trinajstić information content (AvgIpc) is 2.97. The van der Waals surface area contributed by atoms with Gasteiger partial charge in [0.25, 0.3) is 0 Å². The number of nitrogens with one attached hydrogen (secondary N) is 1. The summed E-state index contributed by atoms with van der Waals surface area (Å²) in [5.74, 6) is 0.235. The molecule has 24 heavy (non-hydrogen) atoms. The van der Waals surface area contributed by atoms with Crippen molar-refractivity contribution in [3.8, 4) is 0 Å². The molecule has 6 nitrogen and oxygen atoms in total. The van der Waals surface area contributed by atoms with Gasteiger partial charge in [0.15, 0.2) is 0 Å². The lowest BCUT2D eigenvalue weighted by Crippen LogP contribution is -2.29. The first-order valence-corrected chi connectivity index (χ1v) is 9.06. The second-order valence-corrected chi connectivity index (χ2v) is 6.41. The van der Waals surface area contributed by atoms with Crippen molar-refractivity contribution in [1.29, 1.82) is 0 Å². The number of thioether (sulfide) groups is 1. The number of hydrogen-bond acceptors (Lipinski definition) is 6. The summed E-state index contributed by atoms with van der Waals surface area (Å²) in [7, 11) is 0. The molecule has 1 aromatic heterocycles. The van der Waals surface area contributed by atoms with E-state index in [0.29, 0.717) is 34.0 Å². The van der Waals surface area contributed by atoms with Crippen molar-refractivity contribution >= 4 is 35.3 Å². The fourth-order valence-electron chi connectivity index (χ4n) is 2.64. The zero-order valence-electron chi connectivity index (χ0n) is 13.5. The van der Waals surface area contributed by atoms with Crippen LogP contribution < -0.4 is 5.32 Å². The molecule has 0 saturated heterocycles. The fraction of sp³-hybridized carbons (Fsp3) is 0.312. The first kappa shape index (κ1) is 16.9.